The summed E-state index contributed by atoms with van der Waals surface area (Å²) in [7, 11) is 0. The molecule has 1 atom stereocenters. The van der Waals surface area contributed by atoms with E-state index in [0.29, 0.717) is 0 Å². The van der Waals surface area contributed by atoms with Crippen molar-refractivity contribution in [2.45, 2.75) is 52.4 Å². The van der Waals surface area contributed by atoms with Crippen molar-refractivity contribution in [3.05, 3.63) is 34.9 Å². The van der Waals surface area contributed by atoms with Gasteiger partial charge < -0.3 is 0 Å². The van der Waals surface area contributed by atoms with Crippen LogP contribution in [0.25, 0.3) is 0 Å². The van der Waals surface area contributed by atoms with Crippen LogP contribution in [0.4, 0.5) is 0 Å². The van der Waals surface area contributed by atoms with Crippen molar-refractivity contribution in [3.8, 4) is 6.07 Å². The number of benzene rings is 1. The molecule has 0 spiro atoms. The van der Waals surface area contributed by atoms with Crippen LogP contribution in [0, 0.1) is 16.7 Å². The highest BCUT2D eigenvalue weighted by Crippen LogP contribution is 2.45. The number of nitriles is 1. The molecule has 0 aliphatic rings. The Bertz CT molecular complexity index is 422. The first-order valence-electron chi connectivity index (χ1n) is 6.54. The Morgan fingerprint density at radius 1 is 1.17 bits per heavy atom. The predicted octanol–water partition coefficient (Wildman–Crippen LogP) is 5.34. The van der Waals surface area contributed by atoms with Crippen molar-refractivity contribution in [1.29, 1.82) is 5.26 Å². The molecule has 1 nitrogen and oxygen atoms in total. The van der Waals surface area contributed by atoms with Crippen LogP contribution in [0.2, 0.25) is 5.02 Å². The zero-order valence-electron chi connectivity index (χ0n) is 11.8. The summed E-state index contributed by atoms with van der Waals surface area (Å²) in [6.07, 6.45) is 3.06. The number of unbranched alkanes of at least 4 members (excludes halogenated alkanes) is 1. The van der Waals surface area contributed by atoms with Crippen molar-refractivity contribution in [3.63, 3.8) is 0 Å². The second-order valence-corrected chi connectivity index (χ2v) is 6.31. The molecule has 1 aromatic carbocycles. The van der Waals surface area contributed by atoms with Crippen molar-refractivity contribution < 1.29 is 0 Å². The molecule has 18 heavy (non-hydrogen) atoms. The topological polar surface area (TPSA) is 23.8 Å². The molecule has 2 heteroatoms. The highest BCUT2D eigenvalue weighted by Gasteiger charge is 2.43. The van der Waals surface area contributed by atoms with Gasteiger partial charge in [0.2, 0.25) is 0 Å². The van der Waals surface area contributed by atoms with Crippen LogP contribution in [-0.4, -0.2) is 0 Å². The smallest absolute Gasteiger partial charge is 0.0870 e. The normalized spacial score (nSPS) is 14.9. The third-order valence-electron chi connectivity index (χ3n) is 3.71. The fraction of sp³-hybridized carbons (Fsp3) is 0.562. The molecular formula is C16H22ClN. The van der Waals surface area contributed by atoms with Crippen LogP contribution >= 0.6 is 11.6 Å². The van der Waals surface area contributed by atoms with Gasteiger partial charge in [-0.25, -0.2) is 0 Å². The second kappa shape index (κ2) is 5.76. The number of hydrogen-bond donors (Lipinski definition) is 0. The van der Waals surface area contributed by atoms with Crippen molar-refractivity contribution in [1.82, 2.24) is 0 Å². The van der Waals surface area contributed by atoms with Gasteiger partial charge in [-0.15, -0.1) is 0 Å². The Morgan fingerprint density at radius 2 is 1.72 bits per heavy atom. The van der Waals surface area contributed by atoms with E-state index >= 15 is 0 Å². The molecule has 1 rings (SSSR count). The van der Waals surface area contributed by atoms with Gasteiger partial charge in [0.1, 0.15) is 0 Å². The summed E-state index contributed by atoms with van der Waals surface area (Å²) >= 11 is 5.94. The minimum absolute atomic E-state index is 0.0925. The van der Waals surface area contributed by atoms with Crippen LogP contribution in [0.5, 0.6) is 0 Å². The molecule has 0 radical (unpaired) electrons. The Balaban J connectivity index is 3.27. The molecule has 0 N–H and O–H groups in total. The van der Waals surface area contributed by atoms with Crippen LogP contribution in [0.15, 0.2) is 24.3 Å². The van der Waals surface area contributed by atoms with E-state index in [2.05, 4.69) is 33.8 Å². The quantitative estimate of drug-likeness (QED) is 0.719. The summed E-state index contributed by atoms with van der Waals surface area (Å²) in [6.45, 7) is 8.58. The molecule has 98 valence electrons. The van der Waals surface area contributed by atoms with Gasteiger partial charge in [-0.3, -0.25) is 0 Å². The molecule has 1 unspecified atom stereocenters. The number of halogens is 1. The molecule has 0 heterocycles. The summed E-state index contributed by atoms with van der Waals surface area (Å²) in [6, 6.07) is 10.3. The number of rotatable bonds is 4. The molecule has 1 aromatic rings. The maximum atomic E-state index is 9.78. The van der Waals surface area contributed by atoms with Crippen LogP contribution in [0.3, 0.4) is 0 Å². The van der Waals surface area contributed by atoms with Crippen molar-refractivity contribution in [2.75, 3.05) is 0 Å². The summed E-state index contributed by atoms with van der Waals surface area (Å²) in [5.41, 5.74) is 0.550. The van der Waals surface area contributed by atoms with Gasteiger partial charge in [-0.05, 0) is 29.5 Å². The van der Waals surface area contributed by atoms with E-state index in [1.807, 2.05) is 24.3 Å². The predicted molar refractivity (Wildman–Crippen MR) is 77.7 cm³/mol. The summed E-state index contributed by atoms with van der Waals surface area (Å²) in [5.74, 6) is 0. The average Bonchev–Trinajstić information content (AvgIpc) is 2.31. The van der Waals surface area contributed by atoms with Crippen LogP contribution in [-0.2, 0) is 5.41 Å². The first kappa shape index (κ1) is 15.1. The van der Waals surface area contributed by atoms with Crippen molar-refractivity contribution in [2.24, 2.45) is 5.41 Å². The van der Waals surface area contributed by atoms with E-state index in [1.165, 1.54) is 0 Å². The number of nitrogens with zero attached hydrogens (tertiary/aromatic N) is 1. The van der Waals surface area contributed by atoms with Gasteiger partial charge in [0, 0.05) is 5.02 Å². The average molecular weight is 264 g/mol. The minimum Gasteiger partial charge on any atom is -0.197 e. The monoisotopic (exact) mass is 263 g/mol. The third kappa shape index (κ3) is 2.87. The zero-order valence-corrected chi connectivity index (χ0v) is 12.5. The lowest BCUT2D eigenvalue weighted by molar-refractivity contribution is 0.225. The van der Waals surface area contributed by atoms with Gasteiger partial charge >= 0.3 is 0 Å². The number of hydrogen-bond acceptors (Lipinski definition) is 1. The Hall–Kier alpha value is -1.00. The van der Waals surface area contributed by atoms with Gasteiger partial charge in [0.25, 0.3) is 0 Å². The Morgan fingerprint density at radius 3 is 2.11 bits per heavy atom. The zero-order chi connectivity index (χ0) is 13.8. The van der Waals surface area contributed by atoms with Gasteiger partial charge in [0.05, 0.1) is 11.5 Å². The molecule has 0 aromatic heterocycles. The lowest BCUT2D eigenvalue weighted by Crippen LogP contribution is -2.38. The van der Waals surface area contributed by atoms with Crippen molar-refractivity contribution >= 4 is 11.6 Å². The SMILES string of the molecule is CCCCC(C#N)(c1ccc(Cl)cc1)C(C)(C)C. The standard InChI is InChI=1S/C16H22ClN/c1-5-6-11-16(12-18,15(2,3)4)13-7-9-14(17)10-8-13/h7-10H,5-6,11H2,1-4H3. The molecular weight excluding hydrogens is 242 g/mol. The molecule has 0 saturated heterocycles. The van der Waals surface area contributed by atoms with E-state index in [-0.39, 0.29) is 5.41 Å². The second-order valence-electron chi connectivity index (χ2n) is 5.88. The van der Waals surface area contributed by atoms with Crippen LogP contribution in [0.1, 0.15) is 52.5 Å². The van der Waals surface area contributed by atoms with E-state index in [9.17, 15) is 5.26 Å². The van der Waals surface area contributed by atoms with Gasteiger partial charge in [0.15, 0.2) is 0 Å². The molecule has 0 aliphatic carbocycles. The van der Waals surface area contributed by atoms with Gasteiger partial charge in [-0.2, -0.15) is 5.26 Å². The first-order chi connectivity index (χ1) is 8.37. The van der Waals surface area contributed by atoms with E-state index in [0.717, 1.165) is 29.8 Å². The third-order valence-corrected chi connectivity index (χ3v) is 3.97. The van der Waals surface area contributed by atoms with E-state index < -0.39 is 5.41 Å². The lowest BCUT2D eigenvalue weighted by atomic mass is 9.61. The van der Waals surface area contributed by atoms with E-state index in [1.54, 1.807) is 0 Å². The fourth-order valence-electron chi connectivity index (χ4n) is 2.42. The lowest BCUT2D eigenvalue weighted by Gasteiger charge is -2.40. The summed E-state index contributed by atoms with van der Waals surface area (Å²) in [5, 5.41) is 10.5. The maximum Gasteiger partial charge on any atom is 0.0870 e. The summed E-state index contributed by atoms with van der Waals surface area (Å²) < 4.78 is 0. The van der Waals surface area contributed by atoms with Gasteiger partial charge in [-0.1, -0.05) is 64.3 Å². The highest BCUT2D eigenvalue weighted by molar-refractivity contribution is 6.30. The molecule has 0 saturated carbocycles. The molecule has 0 aliphatic heterocycles. The maximum absolute atomic E-state index is 9.78. The van der Waals surface area contributed by atoms with Crippen LogP contribution < -0.4 is 0 Å². The largest absolute Gasteiger partial charge is 0.197 e. The molecule has 0 bridgehead atoms. The Kier molecular flexibility index (Phi) is 4.82. The Labute approximate surface area is 116 Å². The molecule has 0 fully saturated rings. The van der Waals surface area contributed by atoms with E-state index in [4.69, 9.17) is 11.6 Å². The first-order valence-corrected chi connectivity index (χ1v) is 6.92. The molecule has 0 amide bonds. The highest BCUT2D eigenvalue weighted by atomic mass is 35.5. The summed E-state index contributed by atoms with van der Waals surface area (Å²) in [4.78, 5) is 0. The fourth-order valence-corrected chi connectivity index (χ4v) is 2.54. The minimum atomic E-state index is -0.437.